The van der Waals surface area contributed by atoms with Gasteiger partial charge >= 0.3 is 107 Å². The van der Waals surface area contributed by atoms with Gasteiger partial charge in [-0.25, -0.2) is 0 Å². The molecule has 0 aromatic heterocycles. The second-order valence-corrected chi connectivity index (χ2v) is 6.63. The fourth-order valence-corrected chi connectivity index (χ4v) is 2.31. The van der Waals surface area contributed by atoms with Crippen LogP contribution in [0.15, 0.2) is 18.2 Å². The SMILES string of the molecule is O=C(O)C(=O)Nc1ccc([As](=O)(O)O)cc1[N+](=O)[O-]. The zero-order valence-electron chi connectivity index (χ0n) is 9.01. The van der Waals surface area contributed by atoms with Gasteiger partial charge in [0.05, 0.1) is 0 Å². The number of benzene rings is 1. The van der Waals surface area contributed by atoms with E-state index in [1.165, 1.54) is 0 Å². The Morgan fingerprint density at radius 1 is 1.32 bits per heavy atom. The zero-order chi connectivity index (χ0) is 14.8. The van der Waals surface area contributed by atoms with Gasteiger partial charge in [0.15, 0.2) is 0 Å². The number of carbonyl (C=O) groups excluding carboxylic acids is 1. The van der Waals surface area contributed by atoms with Crippen LogP contribution in [-0.2, 0) is 13.3 Å². The molecular weight excluding hydrogens is 327 g/mol. The van der Waals surface area contributed by atoms with Crippen molar-refractivity contribution >= 4 is 41.8 Å². The third-order valence-corrected chi connectivity index (χ3v) is 3.95. The molecule has 0 saturated carbocycles. The fraction of sp³-hybridized carbons (Fsp3) is 0. The van der Waals surface area contributed by atoms with Gasteiger partial charge in [0.25, 0.3) is 0 Å². The molecular formula is C8H7AsN2O8. The standard InChI is InChI=1S/C8H7AsN2O8/c12-7(8(13)14)10-5-2-1-4(9(15,16)17)3-6(5)11(18)19/h1-3H,(H,10,12)(H,13,14)(H2,15,16,17). The summed E-state index contributed by atoms with van der Waals surface area (Å²) in [5.41, 5.74) is -1.28. The summed E-state index contributed by atoms with van der Waals surface area (Å²) in [6.45, 7) is 0. The summed E-state index contributed by atoms with van der Waals surface area (Å²) in [6, 6.07) is 2.33. The van der Waals surface area contributed by atoms with Crippen LogP contribution in [-0.4, -0.2) is 44.3 Å². The molecule has 0 aliphatic heterocycles. The predicted molar refractivity (Wildman–Crippen MR) is 59.9 cm³/mol. The molecule has 0 bridgehead atoms. The van der Waals surface area contributed by atoms with Crippen LogP contribution in [0.4, 0.5) is 11.4 Å². The maximum absolute atomic E-state index is 11.0. The van der Waals surface area contributed by atoms with Crippen LogP contribution >= 0.6 is 0 Å². The van der Waals surface area contributed by atoms with Crippen LogP contribution in [0.2, 0.25) is 0 Å². The number of nitrogens with one attached hydrogen (secondary N) is 1. The topological polar surface area (TPSA) is 167 Å². The van der Waals surface area contributed by atoms with Crippen LogP contribution in [0.3, 0.4) is 0 Å². The van der Waals surface area contributed by atoms with Gasteiger partial charge in [0.1, 0.15) is 0 Å². The average Bonchev–Trinajstić information content (AvgIpc) is 2.27. The zero-order valence-corrected chi connectivity index (χ0v) is 10.9. The number of nitrogens with zero attached hydrogens (tertiary/aromatic N) is 1. The van der Waals surface area contributed by atoms with Gasteiger partial charge in [-0.3, -0.25) is 0 Å². The van der Waals surface area contributed by atoms with Gasteiger partial charge in [-0.1, -0.05) is 0 Å². The molecule has 10 nitrogen and oxygen atoms in total. The fourth-order valence-electron chi connectivity index (χ4n) is 1.13. The first kappa shape index (κ1) is 14.9. The first-order valence-corrected chi connectivity index (χ1v) is 7.90. The Labute approximate surface area is 107 Å². The maximum atomic E-state index is 11.0. The van der Waals surface area contributed by atoms with Crippen molar-refractivity contribution in [3.05, 3.63) is 28.3 Å². The van der Waals surface area contributed by atoms with Crippen LogP contribution in [0, 0.1) is 10.1 Å². The van der Waals surface area contributed by atoms with Crippen molar-refractivity contribution in [3.8, 4) is 0 Å². The quantitative estimate of drug-likeness (QED) is 0.217. The summed E-state index contributed by atoms with van der Waals surface area (Å²) >= 11 is -5.32. The number of carboxylic acids is 1. The van der Waals surface area contributed by atoms with E-state index in [1.807, 2.05) is 0 Å². The molecule has 0 spiro atoms. The number of carbonyl (C=O) groups is 2. The summed E-state index contributed by atoms with van der Waals surface area (Å²) in [4.78, 5) is 30.9. The minimum absolute atomic E-state index is 0.467. The average molecular weight is 334 g/mol. The first-order valence-electron chi connectivity index (χ1n) is 4.51. The summed E-state index contributed by atoms with van der Waals surface area (Å²) in [6.07, 6.45) is 0. The van der Waals surface area contributed by atoms with E-state index in [0.717, 1.165) is 12.1 Å². The molecule has 0 radical (unpaired) electrons. The van der Waals surface area contributed by atoms with E-state index < -0.39 is 46.7 Å². The third kappa shape index (κ3) is 3.65. The number of carboxylic acid groups (broad SMARTS) is 1. The summed E-state index contributed by atoms with van der Waals surface area (Å²) < 4.78 is 28.3. The molecule has 0 aliphatic carbocycles. The number of amides is 1. The van der Waals surface area contributed by atoms with E-state index >= 15 is 0 Å². The van der Waals surface area contributed by atoms with Crippen LogP contribution in [0.25, 0.3) is 0 Å². The van der Waals surface area contributed by atoms with E-state index in [2.05, 4.69) is 0 Å². The van der Waals surface area contributed by atoms with Gasteiger partial charge in [-0.15, -0.1) is 0 Å². The molecule has 11 heteroatoms. The van der Waals surface area contributed by atoms with E-state index in [1.54, 1.807) is 5.32 Å². The van der Waals surface area contributed by atoms with Crippen molar-refractivity contribution < 1.29 is 31.5 Å². The molecule has 0 unspecified atom stereocenters. The van der Waals surface area contributed by atoms with Gasteiger partial charge in [-0.2, -0.15) is 0 Å². The molecule has 4 N–H and O–H groups in total. The number of rotatable bonds is 3. The molecule has 1 rings (SSSR count). The number of nitro groups is 1. The predicted octanol–water partition coefficient (Wildman–Crippen LogP) is -1.82. The van der Waals surface area contributed by atoms with Crippen molar-refractivity contribution in [1.82, 2.24) is 0 Å². The summed E-state index contributed by atoms with van der Waals surface area (Å²) in [5.74, 6) is -3.35. The van der Waals surface area contributed by atoms with E-state index in [4.69, 9.17) is 13.3 Å². The van der Waals surface area contributed by atoms with Gasteiger partial charge < -0.3 is 0 Å². The Morgan fingerprint density at radius 2 is 1.89 bits per heavy atom. The van der Waals surface area contributed by atoms with Crippen molar-refractivity contribution in [1.29, 1.82) is 0 Å². The molecule has 0 heterocycles. The van der Waals surface area contributed by atoms with Gasteiger partial charge in [-0.05, 0) is 0 Å². The number of hydrogen-bond acceptors (Lipinski definition) is 5. The molecule has 0 atom stereocenters. The van der Waals surface area contributed by atoms with Gasteiger partial charge in [0, 0.05) is 0 Å². The Hall–Kier alpha value is -2.16. The van der Waals surface area contributed by atoms with Crippen molar-refractivity contribution in [2.45, 2.75) is 0 Å². The minimum atomic E-state index is -5.32. The van der Waals surface area contributed by atoms with E-state index in [9.17, 15) is 23.4 Å². The second-order valence-electron chi connectivity index (χ2n) is 3.26. The molecule has 1 aromatic rings. The van der Waals surface area contributed by atoms with Gasteiger partial charge in [0.2, 0.25) is 0 Å². The second kappa shape index (κ2) is 5.22. The molecule has 102 valence electrons. The first-order chi connectivity index (χ1) is 8.62. The van der Waals surface area contributed by atoms with Crippen LogP contribution in [0.5, 0.6) is 0 Å². The Balaban J connectivity index is 3.27. The Bertz CT molecular complexity index is 607. The molecule has 1 amide bonds. The van der Waals surface area contributed by atoms with Crippen molar-refractivity contribution in [2.24, 2.45) is 0 Å². The summed E-state index contributed by atoms with van der Waals surface area (Å²) in [7, 11) is 0. The number of hydrogen-bond donors (Lipinski definition) is 4. The third-order valence-electron chi connectivity index (χ3n) is 1.96. The molecule has 0 saturated heterocycles. The molecule has 19 heavy (non-hydrogen) atoms. The van der Waals surface area contributed by atoms with Crippen LogP contribution in [0.1, 0.15) is 0 Å². The molecule has 1 aromatic carbocycles. The number of aliphatic carboxylic acids is 1. The van der Waals surface area contributed by atoms with Crippen molar-refractivity contribution in [3.63, 3.8) is 0 Å². The van der Waals surface area contributed by atoms with E-state index in [-0.39, 0.29) is 0 Å². The summed E-state index contributed by atoms with van der Waals surface area (Å²) in [5, 5.41) is 20.8. The molecule has 0 aliphatic rings. The number of anilines is 1. The van der Waals surface area contributed by atoms with E-state index in [0.29, 0.717) is 6.07 Å². The number of nitro benzene ring substituents is 1. The Morgan fingerprint density at radius 3 is 2.32 bits per heavy atom. The Kier molecular flexibility index (Phi) is 4.10. The molecule has 0 fully saturated rings. The normalized spacial score (nSPS) is 10.8. The van der Waals surface area contributed by atoms with Crippen molar-refractivity contribution in [2.75, 3.05) is 5.32 Å². The van der Waals surface area contributed by atoms with Crippen LogP contribution < -0.4 is 9.67 Å². The monoisotopic (exact) mass is 334 g/mol.